The van der Waals surface area contributed by atoms with E-state index in [0.717, 1.165) is 37.6 Å². The van der Waals surface area contributed by atoms with Crippen LogP contribution in [0.15, 0.2) is 35.1 Å². The smallest absolute Gasteiger partial charge is 0.475 e. The van der Waals surface area contributed by atoms with E-state index in [1.807, 2.05) is 24.0 Å². The summed E-state index contributed by atoms with van der Waals surface area (Å²) < 4.78 is 43.4. The number of aromatic nitrogens is 2. The first-order valence-electron chi connectivity index (χ1n) is 9.91. The average molecular weight is 456 g/mol. The second-order valence-electron chi connectivity index (χ2n) is 7.40. The molecule has 2 saturated heterocycles. The summed E-state index contributed by atoms with van der Waals surface area (Å²) in [5, 5.41) is 7.12. The molecule has 0 aromatic carbocycles. The summed E-state index contributed by atoms with van der Waals surface area (Å²) in [5.74, 6) is -0.945. The van der Waals surface area contributed by atoms with Crippen LogP contribution in [0.25, 0.3) is 0 Å². The number of morpholine rings is 1. The Kier molecular flexibility index (Phi) is 7.46. The number of ether oxygens (including phenoxy) is 1. The summed E-state index contributed by atoms with van der Waals surface area (Å²) in [7, 11) is 0. The summed E-state index contributed by atoms with van der Waals surface area (Å²) in [6, 6.07) is 4.03. The molecule has 0 bridgehead atoms. The van der Waals surface area contributed by atoms with Crippen molar-refractivity contribution in [2.45, 2.75) is 38.2 Å². The third-order valence-corrected chi connectivity index (χ3v) is 5.13. The fourth-order valence-corrected chi connectivity index (χ4v) is 3.68. The second kappa shape index (κ2) is 10.1. The Morgan fingerprint density at radius 1 is 1.25 bits per heavy atom. The number of amides is 1. The molecule has 2 aromatic rings. The first-order chi connectivity index (χ1) is 15.1. The van der Waals surface area contributed by atoms with E-state index >= 15 is 0 Å². The number of fused-ring (bicyclic) bond motifs is 1. The van der Waals surface area contributed by atoms with Crippen molar-refractivity contribution in [3.8, 4) is 0 Å². The molecule has 174 valence electrons. The maximum Gasteiger partial charge on any atom is 0.490 e. The van der Waals surface area contributed by atoms with Crippen LogP contribution in [-0.2, 0) is 16.1 Å². The molecule has 2 aliphatic rings. The number of carboxylic acid groups (broad SMARTS) is 1. The van der Waals surface area contributed by atoms with E-state index in [2.05, 4.69) is 14.9 Å². The van der Waals surface area contributed by atoms with Crippen molar-refractivity contribution >= 4 is 11.9 Å². The molecule has 0 aliphatic carbocycles. The number of furan rings is 1. The van der Waals surface area contributed by atoms with Crippen LogP contribution in [0.3, 0.4) is 0 Å². The zero-order valence-corrected chi connectivity index (χ0v) is 17.3. The number of aliphatic carboxylic acids is 1. The highest BCUT2D eigenvalue weighted by Crippen LogP contribution is 2.25. The lowest BCUT2D eigenvalue weighted by molar-refractivity contribution is -0.192. The molecule has 2 atom stereocenters. The van der Waals surface area contributed by atoms with E-state index in [4.69, 9.17) is 19.1 Å². The standard InChI is InChI=1S/C18H22N4O3.C2HF3O2/c1-13-2-3-14(25-13)11-21-7-4-17-16(12-21)22(8-9-24-17)18(23)15-10-19-5-6-20-15;3-2(4,5)1(6)7/h2-3,5-6,10,16-17H,4,7-9,11-12H2,1H3;(H,6,7)/t16-,17-;/m0./s1. The summed E-state index contributed by atoms with van der Waals surface area (Å²) in [6.07, 6.45) is 0.571. The minimum Gasteiger partial charge on any atom is -0.475 e. The van der Waals surface area contributed by atoms with E-state index in [1.165, 1.54) is 6.20 Å². The van der Waals surface area contributed by atoms with E-state index in [9.17, 15) is 18.0 Å². The molecule has 4 rings (SSSR count). The van der Waals surface area contributed by atoms with Crippen molar-refractivity contribution in [1.29, 1.82) is 0 Å². The number of halogens is 3. The first kappa shape index (κ1) is 23.7. The quantitative estimate of drug-likeness (QED) is 0.748. The van der Waals surface area contributed by atoms with Gasteiger partial charge in [-0.15, -0.1) is 0 Å². The highest BCUT2D eigenvalue weighted by atomic mass is 19.4. The van der Waals surface area contributed by atoms with Crippen molar-refractivity contribution in [2.24, 2.45) is 0 Å². The molecule has 1 amide bonds. The first-order valence-corrected chi connectivity index (χ1v) is 9.91. The van der Waals surface area contributed by atoms with Crippen LogP contribution in [-0.4, -0.2) is 81.3 Å². The van der Waals surface area contributed by atoms with E-state index in [1.54, 1.807) is 12.4 Å². The largest absolute Gasteiger partial charge is 0.490 e. The zero-order chi connectivity index (χ0) is 23.3. The number of hydrogen-bond donors (Lipinski definition) is 1. The Morgan fingerprint density at radius 3 is 2.59 bits per heavy atom. The summed E-state index contributed by atoms with van der Waals surface area (Å²) in [5.41, 5.74) is 0.391. The van der Waals surface area contributed by atoms with Gasteiger partial charge in [0.1, 0.15) is 17.2 Å². The lowest BCUT2D eigenvalue weighted by Crippen LogP contribution is -2.61. The summed E-state index contributed by atoms with van der Waals surface area (Å²) in [4.78, 5) is 34.1. The number of nitrogens with zero attached hydrogens (tertiary/aromatic N) is 4. The van der Waals surface area contributed by atoms with Crippen LogP contribution < -0.4 is 0 Å². The maximum absolute atomic E-state index is 12.9. The van der Waals surface area contributed by atoms with Gasteiger partial charge in [0, 0.05) is 32.0 Å². The number of alkyl halides is 3. The fourth-order valence-electron chi connectivity index (χ4n) is 3.68. The molecular formula is C20H23F3N4O5. The highest BCUT2D eigenvalue weighted by Gasteiger charge is 2.40. The van der Waals surface area contributed by atoms with Crippen LogP contribution in [0.2, 0.25) is 0 Å². The lowest BCUT2D eigenvalue weighted by atomic mass is 9.98. The average Bonchev–Trinajstić information content (AvgIpc) is 3.17. The molecule has 2 aromatic heterocycles. The van der Waals surface area contributed by atoms with Gasteiger partial charge in [0.15, 0.2) is 0 Å². The van der Waals surface area contributed by atoms with Crippen LogP contribution >= 0.6 is 0 Å². The molecule has 0 spiro atoms. The van der Waals surface area contributed by atoms with Crippen LogP contribution in [0.1, 0.15) is 28.4 Å². The number of aryl methyl sites for hydroxylation is 1. The SMILES string of the molecule is Cc1ccc(CN2CC[C@@H]3OCCN(C(=O)c4cnccn4)[C@H]3C2)o1.O=C(O)C(F)(F)F. The summed E-state index contributed by atoms with van der Waals surface area (Å²) >= 11 is 0. The van der Waals surface area contributed by atoms with Gasteiger partial charge >= 0.3 is 12.1 Å². The van der Waals surface area contributed by atoms with E-state index in [0.29, 0.717) is 18.8 Å². The molecule has 2 aliphatic heterocycles. The molecule has 1 N–H and O–H groups in total. The Balaban J connectivity index is 0.000000360. The normalized spacial score (nSPS) is 21.3. The third kappa shape index (κ3) is 6.04. The number of piperidine rings is 1. The Morgan fingerprint density at radius 2 is 2.00 bits per heavy atom. The highest BCUT2D eigenvalue weighted by molar-refractivity contribution is 5.92. The molecular weight excluding hydrogens is 433 g/mol. The monoisotopic (exact) mass is 456 g/mol. The molecule has 2 fully saturated rings. The number of carboxylic acids is 1. The van der Waals surface area contributed by atoms with Crippen LogP contribution in [0, 0.1) is 6.92 Å². The third-order valence-electron chi connectivity index (χ3n) is 5.13. The predicted molar refractivity (Wildman–Crippen MR) is 104 cm³/mol. The predicted octanol–water partition coefficient (Wildman–Crippen LogP) is 2.13. The molecule has 4 heterocycles. The van der Waals surface area contributed by atoms with Gasteiger partial charge in [-0.2, -0.15) is 13.2 Å². The van der Waals surface area contributed by atoms with Gasteiger partial charge in [0.05, 0.1) is 31.5 Å². The molecule has 9 nitrogen and oxygen atoms in total. The number of carbonyl (C=O) groups excluding carboxylic acids is 1. The number of likely N-dealkylation sites (tertiary alicyclic amines) is 1. The van der Waals surface area contributed by atoms with Gasteiger partial charge < -0.3 is 19.2 Å². The van der Waals surface area contributed by atoms with Gasteiger partial charge in [0.2, 0.25) is 0 Å². The van der Waals surface area contributed by atoms with Crippen molar-refractivity contribution < 1.29 is 37.0 Å². The number of carbonyl (C=O) groups is 2. The molecule has 0 radical (unpaired) electrons. The van der Waals surface area contributed by atoms with Crippen molar-refractivity contribution in [3.05, 3.63) is 47.9 Å². The number of rotatable bonds is 3. The molecule has 0 saturated carbocycles. The number of hydrogen-bond acceptors (Lipinski definition) is 7. The molecule has 12 heteroatoms. The summed E-state index contributed by atoms with van der Waals surface area (Å²) in [6.45, 7) is 5.58. The van der Waals surface area contributed by atoms with E-state index < -0.39 is 12.1 Å². The fraction of sp³-hybridized carbons (Fsp3) is 0.500. The van der Waals surface area contributed by atoms with E-state index in [-0.39, 0.29) is 18.1 Å². The van der Waals surface area contributed by atoms with Crippen LogP contribution in [0.4, 0.5) is 13.2 Å². The van der Waals surface area contributed by atoms with Gasteiger partial charge in [-0.25, -0.2) is 9.78 Å². The second-order valence-corrected chi connectivity index (χ2v) is 7.40. The van der Waals surface area contributed by atoms with Crippen molar-refractivity contribution in [2.75, 3.05) is 26.2 Å². The molecule has 0 unspecified atom stereocenters. The van der Waals surface area contributed by atoms with Gasteiger partial charge in [-0.3, -0.25) is 14.7 Å². The van der Waals surface area contributed by atoms with Gasteiger partial charge in [-0.1, -0.05) is 0 Å². The Labute approximate surface area is 181 Å². The van der Waals surface area contributed by atoms with Crippen molar-refractivity contribution in [1.82, 2.24) is 19.8 Å². The maximum atomic E-state index is 12.9. The van der Waals surface area contributed by atoms with Crippen molar-refractivity contribution in [3.63, 3.8) is 0 Å². The Bertz CT molecular complexity index is 921. The van der Waals surface area contributed by atoms with Gasteiger partial charge in [-0.05, 0) is 25.5 Å². The minimum atomic E-state index is -5.08. The topological polar surface area (TPSA) is 109 Å². The Hall–Kier alpha value is -2.99. The molecule has 32 heavy (non-hydrogen) atoms. The minimum absolute atomic E-state index is 0.0352. The van der Waals surface area contributed by atoms with Gasteiger partial charge in [0.25, 0.3) is 5.91 Å². The zero-order valence-electron chi connectivity index (χ0n) is 17.3. The lowest BCUT2D eigenvalue weighted by Gasteiger charge is -2.46. The van der Waals surface area contributed by atoms with Crippen LogP contribution in [0.5, 0.6) is 0 Å².